The van der Waals surface area contributed by atoms with Gasteiger partial charge in [0, 0.05) is 0 Å². The van der Waals surface area contributed by atoms with E-state index in [0.717, 1.165) is 11.1 Å². The van der Waals surface area contributed by atoms with Crippen LogP contribution in [0, 0.1) is 0 Å². The van der Waals surface area contributed by atoms with Gasteiger partial charge in [0.1, 0.15) is 0 Å². The van der Waals surface area contributed by atoms with Gasteiger partial charge in [-0.05, 0) is 51.8 Å². The molecule has 0 saturated heterocycles. The van der Waals surface area contributed by atoms with E-state index in [2.05, 4.69) is 0 Å². The van der Waals surface area contributed by atoms with Crippen molar-refractivity contribution >= 4 is 0 Å². The zero-order valence-electron chi connectivity index (χ0n) is 9.70. The lowest BCUT2D eigenvalue weighted by Gasteiger charge is -2.12. The fourth-order valence-corrected chi connectivity index (χ4v) is 0.686. The highest BCUT2D eigenvalue weighted by molar-refractivity contribution is 4.92. The lowest BCUT2D eigenvalue weighted by molar-refractivity contribution is -0.0247. The maximum absolute atomic E-state index is 5.38. The molecule has 0 atom stereocenters. The molecular weight excluding hydrogens is 176 g/mol. The Balaban J connectivity index is 4.16. The number of ether oxygens (including phenoxy) is 2. The quantitative estimate of drug-likeness (QED) is 0.378. The van der Waals surface area contributed by atoms with Gasteiger partial charge in [0.05, 0.1) is 12.5 Å². The molecule has 0 amide bonds. The van der Waals surface area contributed by atoms with E-state index in [4.69, 9.17) is 9.47 Å². The largest absolute Gasteiger partial charge is 0.459 e. The van der Waals surface area contributed by atoms with E-state index >= 15 is 0 Å². The molecule has 0 aromatic heterocycles. The zero-order chi connectivity index (χ0) is 11.0. The Morgan fingerprint density at radius 1 is 0.929 bits per heavy atom. The maximum Gasteiger partial charge on any atom is 0.259 e. The summed E-state index contributed by atoms with van der Waals surface area (Å²) >= 11 is 0. The van der Waals surface area contributed by atoms with Crippen molar-refractivity contribution in [3.05, 3.63) is 35.8 Å². The Morgan fingerprint density at radius 2 is 1.36 bits per heavy atom. The van der Waals surface area contributed by atoms with Crippen molar-refractivity contribution in [1.29, 1.82) is 0 Å². The SMILES string of the molecule is C/C=C/C(OC=C(C)C)OC=C(C)C. The van der Waals surface area contributed by atoms with Crippen LogP contribution in [0.1, 0.15) is 34.6 Å². The Hall–Kier alpha value is -1.18. The van der Waals surface area contributed by atoms with Crippen molar-refractivity contribution < 1.29 is 9.47 Å². The normalized spacial score (nSPS) is 10.1. The molecule has 2 heteroatoms. The van der Waals surface area contributed by atoms with Crippen molar-refractivity contribution in [1.82, 2.24) is 0 Å². The molecule has 14 heavy (non-hydrogen) atoms. The molecule has 0 aromatic carbocycles. The standard InChI is InChI=1S/C12H20O2/c1-6-7-12(13-8-10(2)3)14-9-11(4)5/h6-9,12H,1-5H3/b7-6+. The van der Waals surface area contributed by atoms with Crippen LogP contribution in [0.4, 0.5) is 0 Å². The molecule has 0 aliphatic rings. The second-order valence-electron chi connectivity index (χ2n) is 3.56. The molecular formula is C12H20O2. The molecule has 0 fully saturated rings. The van der Waals surface area contributed by atoms with Gasteiger partial charge in [-0.15, -0.1) is 0 Å². The van der Waals surface area contributed by atoms with E-state index in [-0.39, 0.29) is 6.29 Å². The van der Waals surface area contributed by atoms with Crippen LogP contribution < -0.4 is 0 Å². The van der Waals surface area contributed by atoms with Crippen LogP contribution in [0.5, 0.6) is 0 Å². The molecule has 0 saturated carbocycles. The zero-order valence-corrected chi connectivity index (χ0v) is 9.70. The molecule has 0 radical (unpaired) electrons. The van der Waals surface area contributed by atoms with Crippen LogP contribution >= 0.6 is 0 Å². The van der Waals surface area contributed by atoms with Crippen molar-refractivity contribution in [3.63, 3.8) is 0 Å². The lowest BCUT2D eigenvalue weighted by atomic mass is 10.4. The first-order valence-electron chi connectivity index (χ1n) is 4.76. The highest BCUT2D eigenvalue weighted by atomic mass is 16.7. The predicted molar refractivity (Wildman–Crippen MR) is 59.6 cm³/mol. The van der Waals surface area contributed by atoms with Gasteiger partial charge in [-0.3, -0.25) is 0 Å². The fraction of sp³-hybridized carbons (Fsp3) is 0.500. The van der Waals surface area contributed by atoms with Crippen LogP contribution in [0.25, 0.3) is 0 Å². The van der Waals surface area contributed by atoms with Gasteiger partial charge in [0.15, 0.2) is 0 Å². The summed E-state index contributed by atoms with van der Waals surface area (Å²) in [7, 11) is 0. The number of hydrogen-bond acceptors (Lipinski definition) is 2. The van der Waals surface area contributed by atoms with E-state index < -0.39 is 0 Å². The summed E-state index contributed by atoms with van der Waals surface area (Å²) in [5, 5.41) is 0. The van der Waals surface area contributed by atoms with Crippen molar-refractivity contribution in [2.45, 2.75) is 40.9 Å². The summed E-state index contributed by atoms with van der Waals surface area (Å²) < 4.78 is 10.8. The van der Waals surface area contributed by atoms with Crippen molar-refractivity contribution in [2.24, 2.45) is 0 Å². The first kappa shape index (κ1) is 12.8. The van der Waals surface area contributed by atoms with Gasteiger partial charge in [-0.2, -0.15) is 0 Å². The van der Waals surface area contributed by atoms with E-state index in [1.807, 2.05) is 46.8 Å². The summed E-state index contributed by atoms with van der Waals surface area (Å²) in [6, 6.07) is 0. The van der Waals surface area contributed by atoms with Crippen LogP contribution in [0.3, 0.4) is 0 Å². The minimum absolute atomic E-state index is 0.329. The summed E-state index contributed by atoms with van der Waals surface area (Å²) in [5.74, 6) is 0. The molecule has 0 aliphatic carbocycles. The second-order valence-corrected chi connectivity index (χ2v) is 3.56. The van der Waals surface area contributed by atoms with E-state index in [0.29, 0.717) is 0 Å². The van der Waals surface area contributed by atoms with Crippen LogP contribution in [0.15, 0.2) is 35.8 Å². The molecule has 0 bridgehead atoms. The number of hydrogen-bond donors (Lipinski definition) is 0. The van der Waals surface area contributed by atoms with E-state index in [1.165, 1.54) is 0 Å². The molecule has 2 nitrogen and oxygen atoms in total. The van der Waals surface area contributed by atoms with E-state index in [1.54, 1.807) is 12.5 Å². The van der Waals surface area contributed by atoms with Gasteiger partial charge >= 0.3 is 0 Å². The molecule has 0 spiro atoms. The minimum atomic E-state index is -0.329. The summed E-state index contributed by atoms with van der Waals surface area (Å²) in [6.07, 6.45) is 6.83. The van der Waals surface area contributed by atoms with E-state index in [9.17, 15) is 0 Å². The summed E-state index contributed by atoms with van der Waals surface area (Å²) in [4.78, 5) is 0. The molecule has 0 unspecified atom stereocenters. The first-order chi connectivity index (χ1) is 6.56. The van der Waals surface area contributed by atoms with Crippen LogP contribution in [-0.4, -0.2) is 6.29 Å². The average Bonchev–Trinajstić information content (AvgIpc) is 2.09. The first-order valence-corrected chi connectivity index (χ1v) is 4.76. The molecule has 0 aromatic rings. The number of allylic oxidation sites excluding steroid dienone is 3. The van der Waals surface area contributed by atoms with Crippen molar-refractivity contribution in [3.8, 4) is 0 Å². The molecule has 0 rings (SSSR count). The Kier molecular flexibility index (Phi) is 6.63. The highest BCUT2D eigenvalue weighted by Crippen LogP contribution is 2.03. The maximum atomic E-state index is 5.38. The second kappa shape index (κ2) is 7.25. The Bertz CT molecular complexity index is 209. The van der Waals surface area contributed by atoms with Gasteiger partial charge < -0.3 is 9.47 Å². The third kappa shape index (κ3) is 7.47. The summed E-state index contributed by atoms with van der Waals surface area (Å²) in [5.41, 5.74) is 2.22. The minimum Gasteiger partial charge on any atom is -0.459 e. The van der Waals surface area contributed by atoms with Gasteiger partial charge in [-0.25, -0.2) is 0 Å². The third-order valence-electron chi connectivity index (χ3n) is 1.23. The Morgan fingerprint density at radius 3 is 1.64 bits per heavy atom. The number of rotatable bonds is 5. The molecule has 0 aliphatic heterocycles. The molecule has 0 heterocycles. The lowest BCUT2D eigenvalue weighted by Crippen LogP contribution is -2.08. The average molecular weight is 196 g/mol. The van der Waals surface area contributed by atoms with Crippen LogP contribution in [0.2, 0.25) is 0 Å². The highest BCUT2D eigenvalue weighted by Gasteiger charge is 2.00. The predicted octanol–water partition coefficient (Wildman–Crippen LogP) is 3.77. The molecule has 80 valence electrons. The van der Waals surface area contributed by atoms with Crippen LogP contribution in [-0.2, 0) is 9.47 Å². The van der Waals surface area contributed by atoms with Gasteiger partial charge in [-0.1, -0.05) is 6.08 Å². The molecule has 0 N–H and O–H groups in total. The topological polar surface area (TPSA) is 18.5 Å². The summed E-state index contributed by atoms with van der Waals surface area (Å²) in [6.45, 7) is 9.85. The smallest absolute Gasteiger partial charge is 0.259 e. The third-order valence-corrected chi connectivity index (χ3v) is 1.23. The van der Waals surface area contributed by atoms with Crippen molar-refractivity contribution in [2.75, 3.05) is 0 Å². The van der Waals surface area contributed by atoms with Gasteiger partial charge in [0.25, 0.3) is 6.29 Å². The van der Waals surface area contributed by atoms with Gasteiger partial charge in [0.2, 0.25) is 0 Å². The monoisotopic (exact) mass is 196 g/mol. The fourth-order valence-electron chi connectivity index (χ4n) is 0.686. The Labute approximate surface area is 86.9 Å².